The first-order valence-electron chi connectivity index (χ1n) is 3.68. The molecule has 0 spiro atoms. The van der Waals surface area contributed by atoms with Gasteiger partial charge >= 0.3 is 0 Å². The number of fused-ring (bicyclic) bond motifs is 1. The van der Waals surface area contributed by atoms with E-state index in [4.69, 9.17) is 0 Å². The summed E-state index contributed by atoms with van der Waals surface area (Å²) in [6.07, 6.45) is 0. The Balaban J connectivity index is 2.88. The third-order valence-electron chi connectivity index (χ3n) is 1.81. The second kappa shape index (κ2) is 3.14. The lowest BCUT2D eigenvalue weighted by molar-refractivity contribution is -0.385. The molecular formula is C8H5NO3S2. The number of nitrogens with zero attached hydrogens (tertiary/aromatic N) is 1. The molecule has 0 radical (unpaired) electrons. The third kappa shape index (κ3) is 1.32. The molecule has 1 aromatic heterocycles. The van der Waals surface area contributed by atoms with Crippen LogP contribution in [0.4, 0.5) is 5.69 Å². The van der Waals surface area contributed by atoms with E-state index in [0.717, 1.165) is 11.3 Å². The van der Waals surface area contributed by atoms with Gasteiger partial charge in [-0.25, -0.2) is 0 Å². The smallest absolute Gasteiger partial charge is 0.300 e. The van der Waals surface area contributed by atoms with Crippen molar-refractivity contribution in [2.45, 2.75) is 4.90 Å². The van der Waals surface area contributed by atoms with Crippen molar-refractivity contribution in [2.75, 3.05) is 0 Å². The number of benzene rings is 1. The van der Waals surface area contributed by atoms with Gasteiger partial charge in [0.05, 0.1) is 9.82 Å². The normalized spacial score (nSPS) is 10.6. The molecule has 0 aliphatic heterocycles. The van der Waals surface area contributed by atoms with Gasteiger partial charge in [-0.05, 0) is 12.1 Å². The van der Waals surface area contributed by atoms with Crippen molar-refractivity contribution in [3.63, 3.8) is 0 Å². The standard InChI is InChI=1S/C8H5NO3S2/c10-6-3-4-1-2-5(13)7(9(11)12)8(4)14-6/h1-3,10,13H. The molecule has 1 heterocycles. The van der Waals surface area contributed by atoms with E-state index in [1.807, 2.05) is 0 Å². The second-order valence-electron chi connectivity index (χ2n) is 2.69. The molecule has 14 heavy (non-hydrogen) atoms. The number of nitro groups is 1. The summed E-state index contributed by atoms with van der Waals surface area (Å²) in [7, 11) is 0. The SMILES string of the molecule is O=[N+]([O-])c1c(S)ccc2cc(O)sc12. The van der Waals surface area contributed by atoms with Crippen LogP contribution in [0.3, 0.4) is 0 Å². The third-order valence-corrected chi connectivity index (χ3v) is 3.13. The van der Waals surface area contributed by atoms with E-state index in [9.17, 15) is 15.2 Å². The van der Waals surface area contributed by atoms with Crippen LogP contribution in [0.1, 0.15) is 0 Å². The molecule has 0 fully saturated rings. The largest absolute Gasteiger partial charge is 0.499 e. The summed E-state index contributed by atoms with van der Waals surface area (Å²) in [4.78, 5) is 10.6. The Morgan fingerprint density at radius 2 is 2.21 bits per heavy atom. The minimum Gasteiger partial charge on any atom is -0.499 e. The highest BCUT2D eigenvalue weighted by Crippen LogP contribution is 2.39. The topological polar surface area (TPSA) is 63.4 Å². The molecule has 0 bridgehead atoms. The second-order valence-corrected chi connectivity index (χ2v) is 4.21. The van der Waals surface area contributed by atoms with Gasteiger partial charge in [0, 0.05) is 5.39 Å². The van der Waals surface area contributed by atoms with Crippen LogP contribution >= 0.6 is 24.0 Å². The van der Waals surface area contributed by atoms with Crippen molar-refractivity contribution in [1.82, 2.24) is 0 Å². The Morgan fingerprint density at radius 1 is 1.50 bits per heavy atom. The lowest BCUT2D eigenvalue weighted by atomic mass is 10.2. The summed E-state index contributed by atoms with van der Waals surface area (Å²) >= 11 is 4.99. The van der Waals surface area contributed by atoms with E-state index < -0.39 is 4.92 Å². The van der Waals surface area contributed by atoms with Gasteiger partial charge < -0.3 is 5.11 Å². The fourth-order valence-corrected chi connectivity index (χ4v) is 2.51. The highest BCUT2D eigenvalue weighted by atomic mass is 32.1. The molecule has 0 aliphatic rings. The van der Waals surface area contributed by atoms with Crippen molar-refractivity contribution < 1.29 is 10.0 Å². The van der Waals surface area contributed by atoms with Crippen molar-refractivity contribution in [2.24, 2.45) is 0 Å². The zero-order chi connectivity index (χ0) is 10.3. The predicted octanol–water partition coefficient (Wildman–Crippen LogP) is 2.80. The van der Waals surface area contributed by atoms with Gasteiger partial charge in [0.1, 0.15) is 4.70 Å². The molecule has 0 unspecified atom stereocenters. The molecule has 0 aliphatic carbocycles. The molecular weight excluding hydrogens is 222 g/mol. The van der Waals surface area contributed by atoms with E-state index in [2.05, 4.69) is 12.6 Å². The first-order valence-corrected chi connectivity index (χ1v) is 4.95. The van der Waals surface area contributed by atoms with Crippen molar-refractivity contribution in [3.05, 3.63) is 28.3 Å². The van der Waals surface area contributed by atoms with E-state index in [1.165, 1.54) is 6.07 Å². The number of hydrogen-bond acceptors (Lipinski definition) is 5. The highest BCUT2D eigenvalue weighted by Gasteiger charge is 2.18. The number of nitro benzene ring substituents is 1. The van der Waals surface area contributed by atoms with Crippen LogP contribution in [0.15, 0.2) is 23.1 Å². The van der Waals surface area contributed by atoms with Crippen LogP contribution in [0, 0.1) is 10.1 Å². The minimum absolute atomic E-state index is 0.0452. The van der Waals surface area contributed by atoms with Gasteiger partial charge in [-0.1, -0.05) is 17.4 Å². The number of thiol groups is 1. The van der Waals surface area contributed by atoms with E-state index >= 15 is 0 Å². The average Bonchev–Trinajstić information content (AvgIpc) is 2.43. The quantitative estimate of drug-likeness (QED) is 0.447. The predicted molar refractivity (Wildman–Crippen MR) is 57.4 cm³/mol. The Morgan fingerprint density at radius 3 is 2.86 bits per heavy atom. The lowest BCUT2D eigenvalue weighted by Crippen LogP contribution is -1.89. The fourth-order valence-electron chi connectivity index (χ4n) is 1.24. The first-order chi connectivity index (χ1) is 6.59. The molecule has 1 aromatic carbocycles. The average molecular weight is 227 g/mol. The van der Waals surface area contributed by atoms with E-state index in [1.54, 1.807) is 12.1 Å². The van der Waals surface area contributed by atoms with E-state index in [-0.39, 0.29) is 10.8 Å². The molecule has 4 nitrogen and oxygen atoms in total. The zero-order valence-electron chi connectivity index (χ0n) is 6.80. The monoisotopic (exact) mass is 227 g/mol. The molecule has 0 saturated carbocycles. The van der Waals surface area contributed by atoms with Crippen molar-refractivity contribution in [1.29, 1.82) is 0 Å². The number of thiophene rings is 1. The fraction of sp³-hybridized carbons (Fsp3) is 0. The van der Waals surface area contributed by atoms with Gasteiger partial charge in [-0.15, -0.1) is 12.6 Å². The lowest BCUT2D eigenvalue weighted by Gasteiger charge is -1.96. The van der Waals surface area contributed by atoms with Crippen LogP contribution in [0.25, 0.3) is 10.1 Å². The highest BCUT2D eigenvalue weighted by molar-refractivity contribution is 7.80. The molecule has 0 atom stereocenters. The molecule has 2 rings (SSSR count). The molecule has 0 saturated heterocycles. The molecule has 0 amide bonds. The summed E-state index contributed by atoms with van der Waals surface area (Å²) < 4.78 is 0.458. The van der Waals surface area contributed by atoms with Gasteiger partial charge in [-0.2, -0.15) is 0 Å². The zero-order valence-corrected chi connectivity index (χ0v) is 8.51. The van der Waals surface area contributed by atoms with Crippen LogP contribution in [-0.4, -0.2) is 10.0 Å². The number of hydrogen-bond donors (Lipinski definition) is 2. The van der Waals surface area contributed by atoms with Crippen LogP contribution in [0.2, 0.25) is 0 Å². The van der Waals surface area contributed by atoms with Gasteiger partial charge in [0.25, 0.3) is 5.69 Å². The van der Waals surface area contributed by atoms with Gasteiger partial charge in [0.15, 0.2) is 5.06 Å². The molecule has 72 valence electrons. The molecule has 1 N–H and O–H groups in total. The summed E-state index contributed by atoms with van der Waals surface area (Å²) in [5.41, 5.74) is -0.0452. The van der Waals surface area contributed by atoms with Crippen molar-refractivity contribution in [3.8, 4) is 5.06 Å². The Kier molecular flexibility index (Phi) is 2.09. The van der Waals surface area contributed by atoms with Gasteiger partial charge in [-0.3, -0.25) is 10.1 Å². The van der Waals surface area contributed by atoms with E-state index in [0.29, 0.717) is 15.0 Å². The first kappa shape index (κ1) is 9.29. The maximum atomic E-state index is 10.7. The summed E-state index contributed by atoms with van der Waals surface area (Å²) in [5.74, 6) is 0. The van der Waals surface area contributed by atoms with Crippen LogP contribution < -0.4 is 0 Å². The number of rotatable bonds is 1. The Bertz CT molecular complexity index is 521. The Labute approximate surface area is 88.4 Å². The number of aromatic hydroxyl groups is 1. The minimum atomic E-state index is -0.486. The van der Waals surface area contributed by atoms with Crippen molar-refractivity contribution >= 4 is 39.7 Å². The molecule has 2 aromatic rings. The maximum Gasteiger partial charge on any atom is 0.300 e. The molecule has 6 heteroatoms. The van der Waals surface area contributed by atoms with Crippen LogP contribution in [0.5, 0.6) is 5.06 Å². The van der Waals surface area contributed by atoms with Crippen LogP contribution in [-0.2, 0) is 0 Å². The summed E-state index contributed by atoms with van der Waals surface area (Å²) in [6, 6.07) is 4.75. The summed E-state index contributed by atoms with van der Waals surface area (Å²) in [6.45, 7) is 0. The maximum absolute atomic E-state index is 10.7. The Hall–Kier alpha value is -1.27. The summed E-state index contributed by atoms with van der Waals surface area (Å²) in [5, 5.41) is 20.7. The van der Waals surface area contributed by atoms with Gasteiger partial charge in [0.2, 0.25) is 0 Å².